The van der Waals surface area contributed by atoms with Crippen LogP contribution in [0.1, 0.15) is 51.7 Å². The molecule has 0 saturated carbocycles. The first-order valence-corrected chi connectivity index (χ1v) is 12.6. The first-order chi connectivity index (χ1) is 17.2. The van der Waals surface area contributed by atoms with Crippen LogP contribution in [0, 0.1) is 0 Å². The summed E-state index contributed by atoms with van der Waals surface area (Å²) in [6, 6.07) is 13.5. The van der Waals surface area contributed by atoms with E-state index in [0.717, 1.165) is 36.3 Å². The van der Waals surface area contributed by atoms with Crippen molar-refractivity contribution < 1.29 is 28.5 Å². The largest absolute Gasteiger partial charge is 0.491 e. The van der Waals surface area contributed by atoms with Crippen LogP contribution in [-0.4, -0.2) is 56.1 Å². The second kappa shape index (κ2) is 9.32. The number of ether oxygens (including phenoxy) is 4. The predicted molar refractivity (Wildman–Crippen MR) is 135 cm³/mol. The second-order valence-electron chi connectivity index (χ2n) is 10.8. The van der Waals surface area contributed by atoms with Crippen molar-refractivity contribution >= 4 is 17.7 Å². The maximum atomic E-state index is 13.9. The van der Waals surface area contributed by atoms with Gasteiger partial charge in [-0.15, -0.1) is 0 Å². The standard InChI is InChI=1S/C28H34N2O6/c1-18(36-26(32)29-27(2,3)4)16-34-19-11-12-22-24(14-19)35-17-28(22)21-9-5-6-10-23(21)30(25(28)31)15-20-8-7-13-33-20/h5-6,9-12,14,18,20H,7-8,13,15-17H2,1-4H3,(H,29,32)/t18?,20-,28?/m1/s1. The predicted octanol–water partition coefficient (Wildman–Crippen LogP) is 4.18. The molecule has 8 nitrogen and oxygen atoms in total. The monoisotopic (exact) mass is 494 g/mol. The Labute approximate surface area is 211 Å². The highest BCUT2D eigenvalue weighted by molar-refractivity contribution is 6.11. The number of nitrogens with zero attached hydrogens (tertiary/aromatic N) is 1. The fourth-order valence-electron chi connectivity index (χ4n) is 5.19. The fraction of sp³-hybridized carbons (Fsp3) is 0.500. The number of nitrogens with one attached hydrogen (secondary N) is 1. The third-order valence-corrected chi connectivity index (χ3v) is 6.80. The van der Waals surface area contributed by atoms with E-state index in [9.17, 15) is 9.59 Å². The van der Waals surface area contributed by atoms with Gasteiger partial charge in [0.25, 0.3) is 0 Å². The zero-order valence-electron chi connectivity index (χ0n) is 21.3. The van der Waals surface area contributed by atoms with E-state index in [1.54, 1.807) is 6.92 Å². The first kappa shape index (κ1) is 24.4. The maximum absolute atomic E-state index is 13.9. The molecule has 3 aliphatic heterocycles. The minimum Gasteiger partial charge on any atom is -0.491 e. The Hall–Kier alpha value is -3.26. The zero-order chi connectivity index (χ0) is 25.5. The van der Waals surface area contributed by atoms with Gasteiger partial charge in [-0.05, 0) is 58.2 Å². The van der Waals surface area contributed by atoms with Crippen molar-refractivity contribution in [3.8, 4) is 11.5 Å². The summed E-state index contributed by atoms with van der Waals surface area (Å²) in [5, 5.41) is 2.77. The van der Waals surface area contributed by atoms with Gasteiger partial charge in [0.15, 0.2) is 0 Å². The summed E-state index contributed by atoms with van der Waals surface area (Å²) >= 11 is 0. The van der Waals surface area contributed by atoms with Crippen LogP contribution in [0.25, 0.3) is 0 Å². The summed E-state index contributed by atoms with van der Waals surface area (Å²) in [4.78, 5) is 27.8. The Kier molecular flexibility index (Phi) is 6.32. The summed E-state index contributed by atoms with van der Waals surface area (Å²) in [5.41, 5.74) is 1.49. The lowest BCUT2D eigenvalue weighted by Gasteiger charge is -2.25. The number of carbonyl (C=O) groups is 2. The molecule has 0 radical (unpaired) electrons. The summed E-state index contributed by atoms with van der Waals surface area (Å²) in [6.07, 6.45) is 1.13. The number of fused-ring (bicyclic) bond motifs is 4. The molecule has 192 valence electrons. The lowest BCUT2D eigenvalue weighted by molar-refractivity contribution is -0.122. The molecule has 1 fully saturated rings. The number of para-hydroxylation sites is 1. The van der Waals surface area contributed by atoms with Crippen molar-refractivity contribution in [1.82, 2.24) is 5.32 Å². The maximum Gasteiger partial charge on any atom is 0.407 e. The molecular formula is C28H34N2O6. The normalized spacial score (nSPS) is 23.3. The van der Waals surface area contributed by atoms with Gasteiger partial charge in [-0.1, -0.05) is 24.3 Å². The molecule has 2 amide bonds. The third-order valence-electron chi connectivity index (χ3n) is 6.80. The molecule has 1 N–H and O–H groups in total. The van der Waals surface area contributed by atoms with Gasteiger partial charge >= 0.3 is 6.09 Å². The molecule has 2 unspecified atom stereocenters. The zero-order valence-corrected chi connectivity index (χ0v) is 21.3. The Morgan fingerprint density at radius 2 is 2.03 bits per heavy atom. The van der Waals surface area contributed by atoms with Crippen LogP contribution in [0.15, 0.2) is 42.5 Å². The molecule has 0 bridgehead atoms. The van der Waals surface area contributed by atoms with E-state index in [1.165, 1.54) is 0 Å². The SMILES string of the molecule is CC(COc1ccc2c(c1)OCC21C(=O)N(C[C@H]2CCCO2)c2ccccc21)OC(=O)NC(C)(C)C. The van der Waals surface area contributed by atoms with Crippen molar-refractivity contribution in [2.24, 2.45) is 0 Å². The molecule has 1 saturated heterocycles. The summed E-state index contributed by atoms with van der Waals surface area (Å²) in [5.74, 6) is 1.25. The average Bonchev–Trinajstić information content (AvgIpc) is 3.52. The number of amides is 2. The molecular weight excluding hydrogens is 460 g/mol. The molecule has 0 aliphatic carbocycles. The molecule has 5 rings (SSSR count). The molecule has 3 atom stereocenters. The van der Waals surface area contributed by atoms with Gasteiger partial charge in [-0.2, -0.15) is 0 Å². The van der Waals surface area contributed by atoms with Crippen molar-refractivity contribution in [3.63, 3.8) is 0 Å². The van der Waals surface area contributed by atoms with Gasteiger partial charge in [0.1, 0.15) is 36.2 Å². The van der Waals surface area contributed by atoms with Gasteiger partial charge in [0, 0.05) is 29.5 Å². The smallest absolute Gasteiger partial charge is 0.407 e. The van der Waals surface area contributed by atoms with E-state index in [1.807, 2.05) is 68.1 Å². The van der Waals surface area contributed by atoms with Gasteiger partial charge in [-0.3, -0.25) is 4.79 Å². The summed E-state index contributed by atoms with van der Waals surface area (Å²) in [6.45, 7) is 9.19. The molecule has 2 aromatic rings. The number of benzene rings is 2. The Bertz CT molecular complexity index is 1150. The number of alkyl carbamates (subject to hydrolysis) is 1. The molecule has 3 aliphatic rings. The lowest BCUT2D eigenvalue weighted by atomic mass is 9.77. The lowest BCUT2D eigenvalue weighted by Crippen LogP contribution is -2.44. The van der Waals surface area contributed by atoms with Gasteiger partial charge in [-0.25, -0.2) is 4.79 Å². The number of anilines is 1. The Morgan fingerprint density at radius 3 is 2.78 bits per heavy atom. The molecule has 1 spiro atoms. The number of rotatable bonds is 6. The van der Waals surface area contributed by atoms with Crippen LogP contribution in [0.2, 0.25) is 0 Å². The van der Waals surface area contributed by atoms with E-state index in [-0.39, 0.29) is 30.8 Å². The van der Waals surface area contributed by atoms with E-state index < -0.39 is 17.6 Å². The minimum atomic E-state index is -0.871. The quantitative estimate of drug-likeness (QED) is 0.648. The second-order valence-corrected chi connectivity index (χ2v) is 10.8. The fourth-order valence-corrected chi connectivity index (χ4v) is 5.19. The van der Waals surface area contributed by atoms with Crippen molar-refractivity contribution in [2.75, 3.05) is 31.3 Å². The Balaban J connectivity index is 1.32. The minimum absolute atomic E-state index is 0.0264. The molecule has 2 aromatic carbocycles. The third kappa shape index (κ3) is 4.50. The van der Waals surface area contributed by atoms with Gasteiger partial charge in [0.05, 0.1) is 12.6 Å². The van der Waals surface area contributed by atoms with Crippen molar-refractivity contribution in [1.29, 1.82) is 0 Å². The average molecular weight is 495 g/mol. The van der Waals surface area contributed by atoms with Gasteiger partial charge < -0.3 is 29.2 Å². The van der Waals surface area contributed by atoms with Crippen LogP contribution in [0.4, 0.5) is 10.5 Å². The van der Waals surface area contributed by atoms with Crippen LogP contribution < -0.4 is 19.7 Å². The summed E-state index contributed by atoms with van der Waals surface area (Å²) in [7, 11) is 0. The van der Waals surface area contributed by atoms with E-state index in [2.05, 4.69) is 5.32 Å². The van der Waals surface area contributed by atoms with Crippen molar-refractivity contribution in [3.05, 3.63) is 53.6 Å². The summed E-state index contributed by atoms with van der Waals surface area (Å²) < 4.78 is 23.2. The van der Waals surface area contributed by atoms with Crippen LogP contribution in [0.3, 0.4) is 0 Å². The topological polar surface area (TPSA) is 86.3 Å². The number of hydrogen-bond donors (Lipinski definition) is 1. The van der Waals surface area contributed by atoms with Crippen LogP contribution in [0.5, 0.6) is 11.5 Å². The molecule has 8 heteroatoms. The van der Waals surface area contributed by atoms with E-state index >= 15 is 0 Å². The van der Waals surface area contributed by atoms with Gasteiger partial charge in [0.2, 0.25) is 5.91 Å². The van der Waals surface area contributed by atoms with E-state index in [0.29, 0.717) is 18.0 Å². The van der Waals surface area contributed by atoms with Crippen LogP contribution >= 0.6 is 0 Å². The highest BCUT2D eigenvalue weighted by Crippen LogP contribution is 2.53. The molecule has 3 heterocycles. The van der Waals surface area contributed by atoms with E-state index in [4.69, 9.17) is 18.9 Å². The first-order valence-electron chi connectivity index (χ1n) is 12.6. The van der Waals surface area contributed by atoms with Crippen molar-refractivity contribution in [2.45, 2.75) is 63.7 Å². The highest BCUT2D eigenvalue weighted by Gasteiger charge is 2.57. The Morgan fingerprint density at radius 1 is 1.22 bits per heavy atom. The van der Waals surface area contributed by atoms with Crippen LogP contribution in [-0.2, 0) is 19.7 Å². The number of carbonyl (C=O) groups excluding carboxylic acids is 2. The molecule has 0 aromatic heterocycles. The highest BCUT2D eigenvalue weighted by atomic mass is 16.6. The number of hydrogen-bond acceptors (Lipinski definition) is 6. The molecule has 36 heavy (non-hydrogen) atoms.